The minimum Gasteiger partial charge on any atom is -0.395 e. The maximum atomic E-state index is 10.4. The Morgan fingerprint density at radius 3 is 2.50 bits per heavy atom. The van der Waals surface area contributed by atoms with Gasteiger partial charge in [0.2, 0.25) is 5.95 Å². The van der Waals surface area contributed by atoms with E-state index in [9.17, 15) is 5.11 Å². The quantitative estimate of drug-likeness (QED) is 0.333. The van der Waals surface area contributed by atoms with Gasteiger partial charge >= 0.3 is 0 Å². The number of nitrogens with one attached hydrogen (secondary N) is 1. The lowest BCUT2D eigenvalue weighted by Crippen LogP contribution is -2.45. The van der Waals surface area contributed by atoms with E-state index in [0.717, 1.165) is 88.6 Å². The van der Waals surface area contributed by atoms with Crippen LogP contribution in [0.5, 0.6) is 0 Å². The molecule has 2 aliphatic heterocycles. The predicted octanol–water partition coefficient (Wildman–Crippen LogP) is 3.15. The third kappa shape index (κ3) is 5.70. The first-order valence-corrected chi connectivity index (χ1v) is 14.5. The van der Waals surface area contributed by atoms with Crippen LogP contribution >= 0.6 is 0 Å². The minimum atomic E-state index is -0.194. The number of aliphatic hydroxyl groups excluding tert-OH is 1. The Labute approximate surface area is 236 Å². The molecule has 5 heterocycles. The molecule has 0 unspecified atom stereocenters. The fourth-order valence-corrected chi connectivity index (χ4v) is 6.02. The summed E-state index contributed by atoms with van der Waals surface area (Å²) in [6, 6.07) is 12.8. The molecule has 6 rings (SSSR count). The van der Waals surface area contributed by atoms with Crippen LogP contribution in [0.15, 0.2) is 55.0 Å². The van der Waals surface area contributed by atoms with E-state index in [1.165, 1.54) is 11.1 Å². The Balaban J connectivity index is 1.08. The Morgan fingerprint density at radius 1 is 0.975 bits per heavy atom. The number of aliphatic hydroxyl groups is 1. The standard InChI is InChI=1S/C30H41N9O/c1-24-6-8-25(9-7-24)30(23-40)10-15-37(16-11-30)27-5-3-14-39-28(27)33-29(34-39)32-26-21-31-38(22-26)13-4-12-36-19-17-35(2)18-20-36/h3,5-9,14,21-22,40H,4,10-13,15-20,23H2,1-2H3,(H,32,34). The highest BCUT2D eigenvalue weighted by Crippen LogP contribution is 2.37. The molecule has 0 bridgehead atoms. The molecule has 0 spiro atoms. The van der Waals surface area contributed by atoms with E-state index in [2.05, 4.69) is 74.5 Å². The number of hydrogen-bond donors (Lipinski definition) is 2. The van der Waals surface area contributed by atoms with E-state index in [0.29, 0.717) is 5.95 Å². The second-order valence-electron chi connectivity index (χ2n) is 11.5. The van der Waals surface area contributed by atoms with Gasteiger partial charge in [-0.25, -0.2) is 4.52 Å². The number of nitrogens with zero attached hydrogens (tertiary/aromatic N) is 8. The van der Waals surface area contributed by atoms with Crippen molar-refractivity contribution in [2.75, 3.05) is 69.7 Å². The van der Waals surface area contributed by atoms with Crippen LogP contribution in [-0.2, 0) is 12.0 Å². The first-order valence-electron chi connectivity index (χ1n) is 14.5. The Bertz CT molecular complexity index is 1400. The van der Waals surface area contributed by atoms with Gasteiger partial charge in [0.15, 0.2) is 5.65 Å². The lowest BCUT2D eigenvalue weighted by Gasteiger charge is -2.42. The molecular formula is C30H41N9O. The number of piperidine rings is 1. The molecule has 212 valence electrons. The van der Waals surface area contributed by atoms with Crippen LogP contribution < -0.4 is 10.2 Å². The molecule has 0 radical (unpaired) electrons. The van der Waals surface area contributed by atoms with Gasteiger partial charge in [0.05, 0.1) is 24.2 Å². The van der Waals surface area contributed by atoms with Crippen molar-refractivity contribution in [2.45, 2.75) is 38.1 Å². The van der Waals surface area contributed by atoms with Crippen molar-refractivity contribution >= 4 is 23.0 Å². The predicted molar refractivity (Wildman–Crippen MR) is 158 cm³/mol. The number of pyridine rings is 1. The zero-order chi connectivity index (χ0) is 27.5. The number of hydrogen-bond acceptors (Lipinski definition) is 8. The van der Waals surface area contributed by atoms with Crippen molar-refractivity contribution in [2.24, 2.45) is 0 Å². The van der Waals surface area contributed by atoms with Crippen LogP contribution in [0.3, 0.4) is 0 Å². The molecule has 1 aromatic carbocycles. The number of fused-ring (bicyclic) bond motifs is 1. The molecule has 0 saturated carbocycles. The highest BCUT2D eigenvalue weighted by atomic mass is 16.3. The van der Waals surface area contributed by atoms with E-state index in [-0.39, 0.29) is 12.0 Å². The van der Waals surface area contributed by atoms with E-state index < -0.39 is 0 Å². The normalized spacial score (nSPS) is 18.4. The van der Waals surface area contributed by atoms with Gasteiger partial charge in [-0.1, -0.05) is 29.8 Å². The van der Waals surface area contributed by atoms with Crippen LogP contribution in [0.1, 0.15) is 30.4 Å². The zero-order valence-corrected chi connectivity index (χ0v) is 23.7. The number of benzene rings is 1. The fourth-order valence-electron chi connectivity index (χ4n) is 6.02. The second kappa shape index (κ2) is 11.6. The molecule has 0 atom stereocenters. The number of anilines is 3. The van der Waals surface area contributed by atoms with Crippen LogP contribution in [0, 0.1) is 6.92 Å². The van der Waals surface area contributed by atoms with Crippen molar-refractivity contribution in [3.8, 4) is 0 Å². The minimum absolute atomic E-state index is 0.163. The highest BCUT2D eigenvalue weighted by molar-refractivity contribution is 5.71. The molecule has 10 heteroatoms. The molecule has 0 aliphatic carbocycles. The van der Waals surface area contributed by atoms with Gasteiger partial charge in [-0.05, 0) is 57.5 Å². The summed E-state index contributed by atoms with van der Waals surface area (Å²) >= 11 is 0. The van der Waals surface area contributed by atoms with Crippen molar-refractivity contribution in [1.29, 1.82) is 0 Å². The Morgan fingerprint density at radius 2 is 1.75 bits per heavy atom. The van der Waals surface area contributed by atoms with Crippen molar-refractivity contribution in [3.05, 3.63) is 66.1 Å². The molecular weight excluding hydrogens is 502 g/mol. The Kier molecular flexibility index (Phi) is 7.73. The smallest absolute Gasteiger partial charge is 0.247 e. The third-order valence-corrected chi connectivity index (χ3v) is 8.72. The number of rotatable bonds is 9. The summed E-state index contributed by atoms with van der Waals surface area (Å²) in [5.74, 6) is 0.561. The van der Waals surface area contributed by atoms with Crippen LogP contribution in [0.2, 0.25) is 0 Å². The van der Waals surface area contributed by atoms with Gasteiger partial charge in [0.25, 0.3) is 0 Å². The average Bonchev–Trinajstić information content (AvgIpc) is 3.61. The summed E-state index contributed by atoms with van der Waals surface area (Å²) in [7, 11) is 2.19. The molecule has 2 N–H and O–H groups in total. The SMILES string of the molecule is Cc1ccc(C2(CO)CCN(c3cccn4nc(Nc5cnn(CCCN6CCN(C)CC6)c5)nc34)CC2)cc1. The molecule has 2 aliphatic rings. The van der Waals surface area contributed by atoms with Crippen molar-refractivity contribution < 1.29 is 5.11 Å². The summed E-state index contributed by atoms with van der Waals surface area (Å²) in [6.07, 6.45) is 8.67. The molecule has 40 heavy (non-hydrogen) atoms. The summed E-state index contributed by atoms with van der Waals surface area (Å²) < 4.78 is 3.83. The number of likely N-dealkylation sites (N-methyl/N-ethyl adjacent to an activating group) is 1. The lowest BCUT2D eigenvalue weighted by atomic mass is 9.73. The molecule has 10 nitrogen and oxygen atoms in total. The fraction of sp³-hybridized carbons (Fsp3) is 0.500. The summed E-state index contributed by atoms with van der Waals surface area (Å²) in [5.41, 5.74) is 5.06. The van der Waals surface area contributed by atoms with E-state index in [1.54, 1.807) is 0 Å². The number of aryl methyl sites for hydroxylation is 2. The molecule has 4 aromatic rings. The van der Waals surface area contributed by atoms with E-state index in [4.69, 9.17) is 4.98 Å². The maximum Gasteiger partial charge on any atom is 0.247 e. The maximum absolute atomic E-state index is 10.4. The highest BCUT2D eigenvalue weighted by Gasteiger charge is 2.36. The molecule has 2 fully saturated rings. The van der Waals surface area contributed by atoms with Crippen LogP contribution in [0.25, 0.3) is 5.65 Å². The van der Waals surface area contributed by atoms with Gasteiger partial charge in [-0.15, -0.1) is 5.10 Å². The summed E-state index contributed by atoms with van der Waals surface area (Å²) in [5, 5.41) is 23.0. The van der Waals surface area contributed by atoms with Gasteiger partial charge in [0, 0.05) is 63.6 Å². The molecule has 2 saturated heterocycles. The van der Waals surface area contributed by atoms with Gasteiger partial charge in [-0.2, -0.15) is 10.1 Å². The van der Waals surface area contributed by atoms with Crippen molar-refractivity contribution in [3.63, 3.8) is 0 Å². The largest absolute Gasteiger partial charge is 0.395 e. The summed E-state index contributed by atoms with van der Waals surface area (Å²) in [4.78, 5) is 12.1. The average molecular weight is 544 g/mol. The van der Waals surface area contributed by atoms with E-state index >= 15 is 0 Å². The van der Waals surface area contributed by atoms with Crippen molar-refractivity contribution in [1.82, 2.24) is 34.2 Å². The zero-order valence-electron chi connectivity index (χ0n) is 23.7. The number of aromatic nitrogens is 5. The second-order valence-corrected chi connectivity index (χ2v) is 11.5. The topological polar surface area (TPSA) is 90.0 Å². The van der Waals surface area contributed by atoms with Crippen LogP contribution in [0.4, 0.5) is 17.3 Å². The third-order valence-electron chi connectivity index (χ3n) is 8.72. The molecule has 0 amide bonds. The van der Waals surface area contributed by atoms with E-state index in [1.807, 2.05) is 33.9 Å². The van der Waals surface area contributed by atoms with Crippen LogP contribution in [-0.4, -0.2) is 98.8 Å². The number of piperazine rings is 1. The van der Waals surface area contributed by atoms with Gasteiger partial charge in [-0.3, -0.25) is 4.68 Å². The molecule has 3 aromatic heterocycles. The lowest BCUT2D eigenvalue weighted by molar-refractivity contribution is 0.151. The first kappa shape index (κ1) is 26.7. The Hall–Kier alpha value is -3.47. The summed E-state index contributed by atoms with van der Waals surface area (Å²) in [6.45, 7) is 10.6. The monoisotopic (exact) mass is 543 g/mol. The van der Waals surface area contributed by atoms with Gasteiger partial charge in [0.1, 0.15) is 0 Å². The first-order chi connectivity index (χ1) is 19.5. The van der Waals surface area contributed by atoms with Gasteiger partial charge < -0.3 is 25.1 Å².